The van der Waals surface area contributed by atoms with Crippen molar-refractivity contribution in [3.05, 3.63) is 64.5 Å². The van der Waals surface area contributed by atoms with Crippen LogP contribution in [-0.4, -0.2) is 17.4 Å². The van der Waals surface area contributed by atoms with Crippen LogP contribution in [0, 0.1) is 0 Å². The second-order valence-electron chi connectivity index (χ2n) is 5.84. The van der Waals surface area contributed by atoms with Gasteiger partial charge < -0.3 is 5.32 Å². The minimum Gasteiger partial charge on any atom is -0.350 e. The van der Waals surface area contributed by atoms with E-state index in [1.54, 1.807) is 17.5 Å². The Morgan fingerprint density at radius 2 is 2.00 bits per heavy atom. The number of amides is 1. The van der Waals surface area contributed by atoms with Crippen LogP contribution in [0.2, 0.25) is 0 Å². The number of benzene rings is 1. The normalized spacial score (nSPS) is 15.3. The molecule has 1 aliphatic rings. The molecule has 23 heavy (non-hydrogen) atoms. The largest absolute Gasteiger partial charge is 0.350 e. The maximum atomic E-state index is 12.4. The Morgan fingerprint density at radius 3 is 2.70 bits per heavy atom. The number of nitrogens with one attached hydrogen (secondary N) is 1. The third-order valence-corrected chi connectivity index (χ3v) is 6.32. The summed E-state index contributed by atoms with van der Waals surface area (Å²) in [6, 6.07) is 14.5. The Morgan fingerprint density at radius 1 is 1.17 bits per heavy atom. The van der Waals surface area contributed by atoms with Gasteiger partial charge >= 0.3 is 0 Å². The van der Waals surface area contributed by atoms with Crippen molar-refractivity contribution in [2.45, 2.75) is 18.3 Å². The van der Waals surface area contributed by atoms with Gasteiger partial charge in [0.15, 0.2) is 0 Å². The topological polar surface area (TPSA) is 42.0 Å². The molecular weight excluding hydrogens is 324 g/mol. The minimum absolute atomic E-state index is 0.0208. The lowest BCUT2D eigenvalue weighted by Gasteiger charge is -2.16. The molecule has 1 aromatic carbocycles. The summed E-state index contributed by atoms with van der Waals surface area (Å²) in [4.78, 5) is 18.5. The fourth-order valence-electron chi connectivity index (χ4n) is 2.74. The van der Waals surface area contributed by atoms with Gasteiger partial charge in [0.25, 0.3) is 5.91 Å². The van der Waals surface area contributed by atoms with Crippen LogP contribution in [0.5, 0.6) is 0 Å². The molecule has 1 aliphatic carbocycles. The number of thiazole rings is 1. The third-order valence-electron chi connectivity index (χ3n) is 4.29. The van der Waals surface area contributed by atoms with E-state index in [1.165, 1.54) is 16.9 Å². The van der Waals surface area contributed by atoms with Crippen LogP contribution < -0.4 is 5.32 Å². The number of nitrogens with zero attached hydrogens (tertiary/aromatic N) is 1. The summed E-state index contributed by atoms with van der Waals surface area (Å²) in [5.74, 6) is -0.0208. The van der Waals surface area contributed by atoms with E-state index < -0.39 is 0 Å². The van der Waals surface area contributed by atoms with Gasteiger partial charge in [-0.15, -0.1) is 22.7 Å². The molecule has 2 aromatic heterocycles. The highest BCUT2D eigenvalue weighted by Crippen LogP contribution is 2.47. The molecule has 0 bridgehead atoms. The molecule has 2 heterocycles. The quantitative estimate of drug-likeness (QED) is 0.751. The molecule has 1 fully saturated rings. The zero-order valence-corrected chi connectivity index (χ0v) is 14.1. The Balaban J connectivity index is 1.43. The molecule has 1 N–H and O–H groups in total. The number of rotatable bonds is 5. The van der Waals surface area contributed by atoms with Crippen molar-refractivity contribution in [3.8, 4) is 9.88 Å². The number of thiophene rings is 1. The lowest BCUT2D eigenvalue weighted by atomic mass is 9.96. The fourth-order valence-corrected chi connectivity index (χ4v) is 4.38. The first-order valence-corrected chi connectivity index (χ1v) is 9.30. The molecule has 5 heteroatoms. The second kappa shape index (κ2) is 5.91. The van der Waals surface area contributed by atoms with Crippen LogP contribution in [0.25, 0.3) is 9.88 Å². The fraction of sp³-hybridized carbons (Fsp3) is 0.222. The molecule has 3 nitrogen and oxygen atoms in total. The molecule has 116 valence electrons. The average molecular weight is 340 g/mol. The molecule has 0 saturated heterocycles. The highest BCUT2D eigenvalue weighted by Gasteiger charge is 2.44. The summed E-state index contributed by atoms with van der Waals surface area (Å²) in [6.45, 7) is 0.697. The van der Waals surface area contributed by atoms with Crippen LogP contribution in [0.3, 0.4) is 0 Å². The third kappa shape index (κ3) is 2.94. The summed E-state index contributed by atoms with van der Waals surface area (Å²) >= 11 is 3.09. The van der Waals surface area contributed by atoms with Crippen molar-refractivity contribution in [2.75, 3.05) is 6.54 Å². The van der Waals surface area contributed by atoms with Crippen LogP contribution >= 0.6 is 22.7 Å². The number of hydrogen-bond donors (Lipinski definition) is 1. The van der Waals surface area contributed by atoms with E-state index in [0.717, 1.165) is 22.7 Å². The Kier molecular flexibility index (Phi) is 3.75. The highest BCUT2D eigenvalue weighted by atomic mass is 32.1. The van der Waals surface area contributed by atoms with Crippen molar-refractivity contribution in [1.29, 1.82) is 0 Å². The summed E-state index contributed by atoms with van der Waals surface area (Å²) in [6.07, 6.45) is 3.96. The van der Waals surface area contributed by atoms with Crippen LogP contribution in [0.15, 0.2) is 54.0 Å². The van der Waals surface area contributed by atoms with E-state index in [-0.39, 0.29) is 11.3 Å². The summed E-state index contributed by atoms with van der Waals surface area (Å²) in [7, 11) is 0. The van der Waals surface area contributed by atoms with Gasteiger partial charge in [0.2, 0.25) is 0 Å². The Labute approximate surface area is 143 Å². The van der Waals surface area contributed by atoms with Crippen molar-refractivity contribution < 1.29 is 4.79 Å². The SMILES string of the molecule is O=C(NCC1(c2ccccc2)CC1)c1cnc(-c2cccs2)s1. The van der Waals surface area contributed by atoms with Gasteiger partial charge in [0.1, 0.15) is 9.88 Å². The molecule has 0 radical (unpaired) electrons. The molecule has 1 saturated carbocycles. The predicted octanol–water partition coefficient (Wildman–Crippen LogP) is 4.33. The highest BCUT2D eigenvalue weighted by molar-refractivity contribution is 7.21. The van der Waals surface area contributed by atoms with Crippen LogP contribution in [0.1, 0.15) is 28.1 Å². The molecular formula is C18H16N2OS2. The molecule has 1 amide bonds. The number of hydrogen-bond acceptors (Lipinski definition) is 4. The minimum atomic E-state index is -0.0208. The van der Waals surface area contributed by atoms with E-state index in [0.29, 0.717) is 11.4 Å². The molecule has 0 atom stereocenters. The number of aromatic nitrogens is 1. The van der Waals surface area contributed by atoms with Gasteiger partial charge in [0.05, 0.1) is 11.1 Å². The number of carbonyl (C=O) groups is 1. The maximum Gasteiger partial charge on any atom is 0.263 e. The van der Waals surface area contributed by atoms with Crippen LogP contribution in [0.4, 0.5) is 0 Å². The van der Waals surface area contributed by atoms with Crippen molar-refractivity contribution in [3.63, 3.8) is 0 Å². The van der Waals surface area contributed by atoms with Crippen molar-refractivity contribution in [2.24, 2.45) is 0 Å². The molecule has 0 unspecified atom stereocenters. The lowest BCUT2D eigenvalue weighted by Crippen LogP contribution is -2.31. The smallest absolute Gasteiger partial charge is 0.263 e. The number of carbonyl (C=O) groups excluding carboxylic acids is 1. The average Bonchev–Trinajstić information content (AvgIpc) is 3.01. The van der Waals surface area contributed by atoms with Crippen molar-refractivity contribution >= 4 is 28.6 Å². The molecule has 3 aromatic rings. The molecule has 0 aliphatic heterocycles. The van der Waals surface area contributed by atoms with E-state index in [9.17, 15) is 4.79 Å². The summed E-state index contributed by atoms with van der Waals surface area (Å²) in [5.41, 5.74) is 1.46. The predicted molar refractivity (Wildman–Crippen MR) is 95.1 cm³/mol. The zero-order chi connectivity index (χ0) is 15.7. The van der Waals surface area contributed by atoms with E-state index in [4.69, 9.17) is 0 Å². The van der Waals surface area contributed by atoms with Gasteiger partial charge in [-0.3, -0.25) is 4.79 Å². The van der Waals surface area contributed by atoms with Gasteiger partial charge in [-0.25, -0.2) is 4.98 Å². The van der Waals surface area contributed by atoms with Gasteiger partial charge in [-0.1, -0.05) is 36.4 Å². The first kappa shape index (κ1) is 14.6. The molecule has 4 rings (SSSR count). The first-order chi connectivity index (χ1) is 11.3. The van der Waals surface area contributed by atoms with E-state index >= 15 is 0 Å². The maximum absolute atomic E-state index is 12.4. The monoisotopic (exact) mass is 340 g/mol. The first-order valence-electron chi connectivity index (χ1n) is 7.60. The van der Waals surface area contributed by atoms with E-state index in [2.05, 4.69) is 34.6 Å². The Bertz CT molecular complexity index is 805. The lowest BCUT2D eigenvalue weighted by molar-refractivity contribution is 0.0953. The van der Waals surface area contributed by atoms with Gasteiger partial charge in [0, 0.05) is 12.0 Å². The van der Waals surface area contributed by atoms with E-state index in [1.807, 2.05) is 23.6 Å². The standard InChI is InChI=1S/C18H16N2OS2/c21-16(15-11-19-17(23-15)14-7-4-10-22-14)20-12-18(8-9-18)13-5-2-1-3-6-13/h1-7,10-11H,8-9,12H2,(H,20,21). The van der Waals surface area contributed by atoms with Gasteiger partial charge in [-0.2, -0.15) is 0 Å². The van der Waals surface area contributed by atoms with Crippen LogP contribution in [-0.2, 0) is 5.41 Å². The summed E-state index contributed by atoms with van der Waals surface area (Å²) < 4.78 is 0. The summed E-state index contributed by atoms with van der Waals surface area (Å²) in [5, 5.41) is 6.03. The van der Waals surface area contributed by atoms with Gasteiger partial charge in [-0.05, 0) is 29.9 Å². The molecule has 0 spiro atoms. The Hall–Kier alpha value is -1.98. The second-order valence-corrected chi connectivity index (χ2v) is 7.81. The van der Waals surface area contributed by atoms with Crippen molar-refractivity contribution in [1.82, 2.24) is 10.3 Å². The zero-order valence-electron chi connectivity index (χ0n) is 12.5.